The molecule has 0 amide bonds. The molecule has 82 valence electrons. The van der Waals surface area contributed by atoms with Gasteiger partial charge in [0.2, 0.25) is 0 Å². The lowest BCUT2D eigenvalue weighted by Crippen LogP contribution is -2.18. The third-order valence-electron chi connectivity index (χ3n) is 3.06. The van der Waals surface area contributed by atoms with Crippen molar-refractivity contribution in [3.63, 3.8) is 0 Å². The molecule has 3 heteroatoms. The molecule has 0 aliphatic heterocycles. The van der Waals surface area contributed by atoms with E-state index in [4.69, 9.17) is 34.8 Å². The minimum Gasteiger partial charge on any atom is -0.122 e. The molecule has 15 heavy (non-hydrogen) atoms. The molecule has 1 saturated carbocycles. The van der Waals surface area contributed by atoms with Gasteiger partial charge in [-0.2, -0.15) is 0 Å². The highest BCUT2D eigenvalue weighted by molar-refractivity contribution is 6.42. The molecule has 0 bridgehead atoms. The van der Waals surface area contributed by atoms with Crippen molar-refractivity contribution in [2.45, 2.75) is 37.0 Å². The highest BCUT2D eigenvalue weighted by Crippen LogP contribution is 2.41. The molecule has 0 heterocycles. The fourth-order valence-electron chi connectivity index (χ4n) is 2.24. The van der Waals surface area contributed by atoms with Gasteiger partial charge in [-0.25, -0.2) is 0 Å². The maximum atomic E-state index is 6.34. The van der Waals surface area contributed by atoms with Gasteiger partial charge in [0, 0.05) is 11.3 Å². The highest BCUT2D eigenvalue weighted by atomic mass is 35.5. The van der Waals surface area contributed by atoms with Gasteiger partial charge in [-0.3, -0.25) is 0 Å². The van der Waals surface area contributed by atoms with Crippen LogP contribution in [0.2, 0.25) is 10.0 Å². The van der Waals surface area contributed by atoms with E-state index in [1.807, 2.05) is 18.2 Å². The lowest BCUT2D eigenvalue weighted by atomic mass is 9.83. The van der Waals surface area contributed by atoms with Crippen molar-refractivity contribution in [3.8, 4) is 0 Å². The van der Waals surface area contributed by atoms with Crippen molar-refractivity contribution in [1.29, 1.82) is 0 Å². The van der Waals surface area contributed by atoms with E-state index in [-0.39, 0.29) is 5.38 Å². The Bertz CT molecular complexity index is 349. The fourth-order valence-corrected chi connectivity index (χ4v) is 3.11. The molecule has 2 atom stereocenters. The third kappa shape index (κ3) is 2.43. The van der Waals surface area contributed by atoms with E-state index in [0.717, 1.165) is 18.4 Å². The summed E-state index contributed by atoms with van der Waals surface area (Å²) >= 11 is 18.5. The van der Waals surface area contributed by atoms with E-state index < -0.39 is 0 Å². The fraction of sp³-hybridized carbons (Fsp3) is 0.500. The molecule has 1 fully saturated rings. The van der Waals surface area contributed by atoms with Crippen LogP contribution < -0.4 is 0 Å². The Morgan fingerprint density at radius 3 is 2.53 bits per heavy atom. The molecule has 1 aromatic rings. The molecule has 0 saturated heterocycles. The molecule has 1 aromatic carbocycles. The predicted octanol–water partition coefficient (Wildman–Crippen LogP) is 5.26. The van der Waals surface area contributed by atoms with Crippen LogP contribution in [0.1, 0.15) is 37.2 Å². The predicted molar refractivity (Wildman–Crippen MR) is 67.3 cm³/mol. The van der Waals surface area contributed by atoms with Gasteiger partial charge in [-0.1, -0.05) is 48.2 Å². The first-order chi connectivity index (χ1) is 7.20. The van der Waals surface area contributed by atoms with Crippen LogP contribution in [0.5, 0.6) is 0 Å². The monoisotopic (exact) mass is 262 g/mol. The minimum atomic E-state index is 0.203. The van der Waals surface area contributed by atoms with Crippen molar-refractivity contribution < 1.29 is 0 Å². The second-order valence-corrected chi connectivity index (χ2v) is 5.40. The van der Waals surface area contributed by atoms with Gasteiger partial charge in [-0.15, -0.1) is 11.6 Å². The first-order valence-electron chi connectivity index (χ1n) is 5.28. The number of hydrogen-bond donors (Lipinski definition) is 0. The van der Waals surface area contributed by atoms with Crippen LogP contribution in [0.25, 0.3) is 0 Å². The van der Waals surface area contributed by atoms with Gasteiger partial charge >= 0.3 is 0 Å². The van der Waals surface area contributed by atoms with Crippen LogP contribution >= 0.6 is 34.8 Å². The molecule has 0 aromatic heterocycles. The molecule has 1 aliphatic rings. The zero-order valence-electron chi connectivity index (χ0n) is 8.35. The SMILES string of the molecule is Clc1cccc(C2CCCCC2Cl)c1Cl. The normalized spacial score (nSPS) is 26.6. The second kappa shape index (κ2) is 4.95. The van der Waals surface area contributed by atoms with Gasteiger partial charge in [0.05, 0.1) is 10.0 Å². The lowest BCUT2D eigenvalue weighted by Gasteiger charge is -2.28. The lowest BCUT2D eigenvalue weighted by molar-refractivity contribution is 0.451. The van der Waals surface area contributed by atoms with Crippen molar-refractivity contribution in [2.75, 3.05) is 0 Å². The topological polar surface area (TPSA) is 0 Å². The van der Waals surface area contributed by atoms with Crippen molar-refractivity contribution in [1.82, 2.24) is 0 Å². The van der Waals surface area contributed by atoms with Crippen LogP contribution in [0.3, 0.4) is 0 Å². The minimum absolute atomic E-state index is 0.203. The van der Waals surface area contributed by atoms with E-state index >= 15 is 0 Å². The maximum absolute atomic E-state index is 6.34. The average molecular weight is 264 g/mol. The zero-order chi connectivity index (χ0) is 10.8. The molecule has 0 nitrogen and oxygen atoms in total. The van der Waals surface area contributed by atoms with Crippen LogP contribution in [-0.4, -0.2) is 5.38 Å². The van der Waals surface area contributed by atoms with Crippen LogP contribution in [0.15, 0.2) is 18.2 Å². The van der Waals surface area contributed by atoms with Crippen LogP contribution in [0.4, 0.5) is 0 Å². The van der Waals surface area contributed by atoms with Crippen LogP contribution in [0, 0.1) is 0 Å². The zero-order valence-corrected chi connectivity index (χ0v) is 10.6. The van der Waals surface area contributed by atoms with Gasteiger partial charge in [-0.05, 0) is 24.5 Å². The molecular formula is C12H13Cl3. The summed E-state index contributed by atoms with van der Waals surface area (Å²) in [6, 6.07) is 5.81. The molecule has 0 radical (unpaired) electrons. The van der Waals surface area contributed by atoms with Gasteiger partial charge in [0.25, 0.3) is 0 Å². The summed E-state index contributed by atoms with van der Waals surface area (Å²) in [6.07, 6.45) is 4.66. The smallest absolute Gasteiger partial charge is 0.0627 e. The van der Waals surface area contributed by atoms with Gasteiger partial charge in [0.1, 0.15) is 0 Å². The summed E-state index contributed by atoms with van der Waals surface area (Å²) < 4.78 is 0. The highest BCUT2D eigenvalue weighted by Gasteiger charge is 2.26. The third-order valence-corrected chi connectivity index (χ3v) is 4.42. The van der Waals surface area contributed by atoms with E-state index in [9.17, 15) is 0 Å². The number of hydrogen-bond acceptors (Lipinski definition) is 0. The standard InChI is InChI=1S/C12H13Cl3/c13-10-6-2-1-4-8(10)9-5-3-7-11(14)12(9)15/h3,5,7-8,10H,1-2,4,6H2. The Kier molecular flexibility index (Phi) is 3.82. The Hall–Kier alpha value is 0.0900. The van der Waals surface area contributed by atoms with Gasteiger partial charge in [0.15, 0.2) is 0 Å². The van der Waals surface area contributed by atoms with E-state index in [1.54, 1.807) is 0 Å². The molecule has 1 aliphatic carbocycles. The first kappa shape index (κ1) is 11.6. The molecule has 2 rings (SSSR count). The number of rotatable bonds is 1. The summed E-state index contributed by atoms with van der Waals surface area (Å²) in [6.45, 7) is 0. The quantitative estimate of drug-likeness (QED) is 0.606. The average Bonchev–Trinajstić information content (AvgIpc) is 2.23. The van der Waals surface area contributed by atoms with Crippen molar-refractivity contribution >= 4 is 34.8 Å². The van der Waals surface area contributed by atoms with Crippen LogP contribution in [-0.2, 0) is 0 Å². The Morgan fingerprint density at radius 1 is 1.07 bits per heavy atom. The molecule has 2 unspecified atom stereocenters. The van der Waals surface area contributed by atoms with E-state index in [1.165, 1.54) is 12.8 Å². The molecule has 0 spiro atoms. The summed E-state index contributed by atoms with van der Waals surface area (Å²) in [5, 5.41) is 1.51. The van der Waals surface area contributed by atoms with E-state index in [2.05, 4.69) is 0 Å². The summed E-state index contributed by atoms with van der Waals surface area (Å²) in [5.74, 6) is 0.367. The summed E-state index contributed by atoms with van der Waals surface area (Å²) in [7, 11) is 0. The molecular weight excluding hydrogens is 250 g/mol. The maximum Gasteiger partial charge on any atom is 0.0627 e. The number of alkyl halides is 1. The van der Waals surface area contributed by atoms with Crippen molar-refractivity contribution in [3.05, 3.63) is 33.8 Å². The Morgan fingerprint density at radius 2 is 1.80 bits per heavy atom. The number of halogens is 3. The molecule has 0 N–H and O–H groups in total. The summed E-state index contributed by atoms with van der Waals surface area (Å²) in [4.78, 5) is 0. The Balaban J connectivity index is 2.31. The summed E-state index contributed by atoms with van der Waals surface area (Å²) in [5.41, 5.74) is 1.11. The van der Waals surface area contributed by atoms with E-state index in [0.29, 0.717) is 16.0 Å². The second-order valence-electron chi connectivity index (χ2n) is 4.05. The first-order valence-corrected chi connectivity index (χ1v) is 6.47. The van der Waals surface area contributed by atoms with Crippen molar-refractivity contribution in [2.24, 2.45) is 0 Å². The largest absolute Gasteiger partial charge is 0.122 e. The Labute approximate surface area is 106 Å². The van der Waals surface area contributed by atoms with Gasteiger partial charge < -0.3 is 0 Å². The number of benzene rings is 1.